The van der Waals surface area contributed by atoms with Crippen molar-refractivity contribution in [3.05, 3.63) is 68.4 Å². The molecule has 9 nitrogen and oxygen atoms in total. The van der Waals surface area contributed by atoms with Gasteiger partial charge < -0.3 is 14.5 Å². The maximum atomic E-state index is 13.0. The summed E-state index contributed by atoms with van der Waals surface area (Å²) in [4.78, 5) is 52.4. The number of hydrogen-bond acceptors (Lipinski definition) is 7. The van der Waals surface area contributed by atoms with Crippen molar-refractivity contribution in [1.82, 2.24) is 9.80 Å². The third-order valence-electron chi connectivity index (χ3n) is 7.56. The molecule has 1 aromatic carbocycles. The Morgan fingerprint density at radius 3 is 2.38 bits per heavy atom. The number of amides is 1. The van der Waals surface area contributed by atoms with Crippen molar-refractivity contribution < 1.29 is 24.0 Å². The van der Waals surface area contributed by atoms with E-state index in [0.29, 0.717) is 76.1 Å². The molecule has 1 unspecified atom stereocenters. The summed E-state index contributed by atoms with van der Waals surface area (Å²) in [6, 6.07) is 8.43. The summed E-state index contributed by atoms with van der Waals surface area (Å²) < 4.78 is 5.45. The van der Waals surface area contributed by atoms with Gasteiger partial charge in [-0.2, -0.15) is 0 Å². The molecular formula is C28H37N3O6. The first-order valence-electron chi connectivity index (χ1n) is 12.9. The average molecular weight is 512 g/mol. The van der Waals surface area contributed by atoms with Gasteiger partial charge in [0.2, 0.25) is 6.41 Å². The van der Waals surface area contributed by atoms with Crippen molar-refractivity contribution in [2.24, 2.45) is 0 Å². The molecule has 1 amide bonds. The van der Waals surface area contributed by atoms with Crippen LogP contribution in [0, 0.1) is 10.1 Å². The standard InChI is InChI=1S/C28H37N3O6/c1-5-37-27(34)28(23-10-7-6-8-11-23)12-16-29(17-13-28)14-9-15-30(19-32)25-21(3)18-20(2)24(22(4)33)26(25)31(35)36/h6-8,10-11,19,26H,5,9,12-18H2,1-4H3. The fourth-order valence-electron chi connectivity index (χ4n) is 5.78. The number of nitro groups is 1. The molecule has 0 N–H and O–H groups in total. The molecule has 1 aliphatic heterocycles. The Labute approximate surface area is 218 Å². The summed E-state index contributed by atoms with van der Waals surface area (Å²) in [5.74, 6) is -0.532. The second-order valence-electron chi connectivity index (χ2n) is 9.94. The summed E-state index contributed by atoms with van der Waals surface area (Å²) in [7, 11) is 0. The predicted molar refractivity (Wildman–Crippen MR) is 139 cm³/mol. The Morgan fingerprint density at radius 1 is 1.19 bits per heavy atom. The molecule has 1 heterocycles. The molecule has 1 saturated heterocycles. The first kappa shape index (κ1) is 28.2. The molecule has 0 spiro atoms. The lowest BCUT2D eigenvalue weighted by molar-refractivity contribution is -0.503. The zero-order valence-corrected chi connectivity index (χ0v) is 22.2. The van der Waals surface area contributed by atoms with Crippen LogP contribution in [0.25, 0.3) is 0 Å². The summed E-state index contributed by atoms with van der Waals surface area (Å²) in [6.45, 7) is 9.39. The fourth-order valence-corrected chi connectivity index (χ4v) is 5.78. The Bertz CT molecular complexity index is 1090. The number of ether oxygens (including phenoxy) is 1. The molecule has 9 heteroatoms. The SMILES string of the molecule is CCOC(=O)C1(c2ccccc2)CCN(CCCN(C=O)C2=C(C)CC(C)=C(C(C)=O)C2[N+](=O)[O-])CC1. The van der Waals surface area contributed by atoms with Crippen LogP contribution < -0.4 is 0 Å². The Balaban J connectivity index is 1.67. The lowest BCUT2D eigenvalue weighted by atomic mass is 9.72. The Morgan fingerprint density at radius 2 is 1.84 bits per heavy atom. The van der Waals surface area contributed by atoms with Gasteiger partial charge in [-0.05, 0) is 84.1 Å². The maximum Gasteiger partial charge on any atom is 0.316 e. The number of carbonyl (C=O) groups excluding carboxylic acids is 3. The molecule has 0 bridgehead atoms. The summed E-state index contributed by atoms with van der Waals surface area (Å²) in [6.07, 6.45) is 2.93. The van der Waals surface area contributed by atoms with Crippen molar-refractivity contribution >= 4 is 18.2 Å². The average Bonchev–Trinajstić information content (AvgIpc) is 2.87. The van der Waals surface area contributed by atoms with Gasteiger partial charge in [-0.15, -0.1) is 0 Å². The molecule has 3 rings (SSSR count). The van der Waals surface area contributed by atoms with Crippen LogP contribution in [0.4, 0.5) is 0 Å². The van der Waals surface area contributed by atoms with Crippen LogP contribution in [-0.4, -0.2) is 71.7 Å². The number of nitrogens with zero attached hydrogens (tertiary/aromatic N) is 3. The fraction of sp³-hybridized carbons (Fsp3) is 0.536. The molecule has 1 aromatic rings. The van der Waals surface area contributed by atoms with Gasteiger partial charge in [-0.25, -0.2) is 0 Å². The molecule has 1 atom stereocenters. The topological polar surface area (TPSA) is 110 Å². The molecule has 0 radical (unpaired) electrons. The van der Waals surface area contributed by atoms with Gasteiger partial charge in [0.1, 0.15) is 0 Å². The van der Waals surface area contributed by atoms with E-state index in [9.17, 15) is 24.5 Å². The quantitative estimate of drug-likeness (QED) is 0.193. The number of benzene rings is 1. The van der Waals surface area contributed by atoms with Crippen LogP contribution in [0.1, 0.15) is 58.9 Å². The van der Waals surface area contributed by atoms with Gasteiger partial charge in [0.15, 0.2) is 5.78 Å². The van der Waals surface area contributed by atoms with Crippen molar-refractivity contribution in [3.8, 4) is 0 Å². The van der Waals surface area contributed by atoms with E-state index in [1.165, 1.54) is 11.8 Å². The van der Waals surface area contributed by atoms with Crippen LogP contribution in [0.2, 0.25) is 0 Å². The summed E-state index contributed by atoms with van der Waals surface area (Å²) >= 11 is 0. The van der Waals surface area contributed by atoms with Crippen molar-refractivity contribution in [2.75, 3.05) is 32.8 Å². The van der Waals surface area contributed by atoms with E-state index < -0.39 is 16.4 Å². The second-order valence-corrected chi connectivity index (χ2v) is 9.94. The van der Waals surface area contributed by atoms with Gasteiger partial charge >= 0.3 is 5.97 Å². The van der Waals surface area contributed by atoms with E-state index in [1.54, 1.807) is 13.8 Å². The third-order valence-corrected chi connectivity index (χ3v) is 7.56. The second kappa shape index (κ2) is 12.3. The minimum Gasteiger partial charge on any atom is -0.465 e. The van der Waals surface area contributed by atoms with E-state index in [2.05, 4.69) is 4.90 Å². The highest BCUT2D eigenvalue weighted by Crippen LogP contribution is 2.37. The van der Waals surface area contributed by atoms with Crippen LogP contribution in [0.3, 0.4) is 0 Å². The monoisotopic (exact) mass is 511 g/mol. The number of carbonyl (C=O) groups is 3. The number of piperidine rings is 1. The highest BCUT2D eigenvalue weighted by molar-refractivity contribution is 5.96. The molecule has 37 heavy (non-hydrogen) atoms. The third kappa shape index (κ3) is 5.98. The number of ketones is 1. The minimum absolute atomic E-state index is 0.171. The van der Waals surface area contributed by atoms with E-state index in [1.807, 2.05) is 37.3 Å². The largest absolute Gasteiger partial charge is 0.465 e. The minimum atomic E-state index is -1.33. The summed E-state index contributed by atoms with van der Waals surface area (Å²) in [5, 5.41) is 12.0. The van der Waals surface area contributed by atoms with Crippen LogP contribution in [-0.2, 0) is 24.5 Å². The van der Waals surface area contributed by atoms with Crippen LogP contribution >= 0.6 is 0 Å². The number of hydrogen-bond donors (Lipinski definition) is 0. The van der Waals surface area contributed by atoms with Gasteiger partial charge in [-0.3, -0.25) is 24.5 Å². The normalized spacial score (nSPS) is 19.9. The molecular weight excluding hydrogens is 474 g/mol. The van der Waals surface area contributed by atoms with Crippen molar-refractivity contribution in [1.29, 1.82) is 0 Å². The van der Waals surface area contributed by atoms with Crippen LogP contribution in [0.15, 0.2) is 52.7 Å². The number of esters is 1. The van der Waals surface area contributed by atoms with Gasteiger partial charge in [0.25, 0.3) is 6.04 Å². The number of Topliss-reactive ketones (excluding diaryl/α,β-unsaturated/α-hetero) is 1. The maximum absolute atomic E-state index is 13.0. The molecule has 1 aliphatic carbocycles. The zero-order valence-electron chi connectivity index (χ0n) is 22.2. The molecule has 0 saturated carbocycles. The van der Waals surface area contributed by atoms with E-state index >= 15 is 0 Å². The molecule has 0 aromatic heterocycles. The highest BCUT2D eigenvalue weighted by atomic mass is 16.6. The van der Waals surface area contributed by atoms with Crippen LogP contribution in [0.5, 0.6) is 0 Å². The zero-order chi connectivity index (χ0) is 27.2. The molecule has 1 fully saturated rings. The summed E-state index contributed by atoms with van der Waals surface area (Å²) in [5.41, 5.74) is 2.19. The lowest BCUT2D eigenvalue weighted by Gasteiger charge is -2.40. The van der Waals surface area contributed by atoms with E-state index in [4.69, 9.17) is 4.74 Å². The van der Waals surface area contributed by atoms with Crippen molar-refractivity contribution in [2.45, 2.75) is 64.8 Å². The van der Waals surface area contributed by atoms with Gasteiger partial charge in [-0.1, -0.05) is 35.9 Å². The molecule has 2 aliphatic rings. The Kier molecular flexibility index (Phi) is 9.37. The first-order valence-corrected chi connectivity index (χ1v) is 12.9. The smallest absolute Gasteiger partial charge is 0.316 e. The Hall–Kier alpha value is -3.33. The lowest BCUT2D eigenvalue weighted by Crippen LogP contribution is -2.48. The van der Waals surface area contributed by atoms with Gasteiger partial charge in [0.05, 0.1) is 23.3 Å². The first-order chi connectivity index (χ1) is 17.7. The van der Waals surface area contributed by atoms with E-state index in [0.717, 1.165) is 11.1 Å². The predicted octanol–water partition coefficient (Wildman–Crippen LogP) is 3.66. The number of allylic oxidation sites excluding steroid dienone is 2. The molecule has 200 valence electrons. The van der Waals surface area contributed by atoms with E-state index in [-0.39, 0.29) is 17.3 Å². The highest BCUT2D eigenvalue weighted by Gasteiger charge is 2.44. The number of rotatable bonds is 11. The number of likely N-dealkylation sites (tertiary alicyclic amines) is 1. The van der Waals surface area contributed by atoms with Gasteiger partial charge in [0, 0.05) is 11.5 Å². The van der Waals surface area contributed by atoms with Crippen molar-refractivity contribution in [3.63, 3.8) is 0 Å².